The quantitative estimate of drug-likeness (QED) is 0.755. The summed E-state index contributed by atoms with van der Waals surface area (Å²) in [5, 5.41) is 11.5. The lowest BCUT2D eigenvalue weighted by molar-refractivity contribution is -0.128. The molecule has 1 aliphatic carbocycles. The minimum Gasteiger partial charge on any atom is -0.349 e. The molecule has 0 bridgehead atoms. The molecule has 1 aromatic heterocycles. The zero-order valence-corrected chi connectivity index (χ0v) is 11.1. The van der Waals surface area contributed by atoms with Crippen LogP contribution in [0.25, 0.3) is 0 Å². The van der Waals surface area contributed by atoms with E-state index in [0.29, 0.717) is 13.0 Å². The van der Waals surface area contributed by atoms with Crippen LogP contribution in [0.1, 0.15) is 25.0 Å². The Morgan fingerprint density at radius 3 is 3.00 bits per heavy atom. The Hall–Kier alpha value is -1.43. The van der Waals surface area contributed by atoms with Crippen molar-refractivity contribution in [1.82, 2.24) is 25.2 Å². The van der Waals surface area contributed by atoms with Gasteiger partial charge in [-0.1, -0.05) is 5.21 Å². The molecule has 1 heterocycles. The lowest BCUT2D eigenvalue weighted by Gasteiger charge is -2.09. The van der Waals surface area contributed by atoms with Crippen LogP contribution in [0.5, 0.6) is 0 Å². The van der Waals surface area contributed by atoms with Gasteiger partial charge in [-0.2, -0.15) is 0 Å². The summed E-state index contributed by atoms with van der Waals surface area (Å²) < 4.78 is 1.73. The van der Waals surface area contributed by atoms with E-state index in [0.717, 1.165) is 24.7 Å². The number of nitrogens with zero attached hydrogens (tertiary/aromatic N) is 4. The molecule has 1 amide bonds. The van der Waals surface area contributed by atoms with Crippen LogP contribution in [-0.4, -0.2) is 46.4 Å². The number of amides is 1. The van der Waals surface area contributed by atoms with Crippen LogP contribution in [0.3, 0.4) is 0 Å². The molecule has 2 rings (SSSR count). The molecule has 0 unspecified atom stereocenters. The third-order valence-electron chi connectivity index (χ3n) is 3.08. The molecular formula is C12H21N5O. The number of carbonyl (C=O) groups excluding carboxylic acids is 1. The number of nitrogens with one attached hydrogen (secondary N) is 1. The Morgan fingerprint density at radius 2 is 2.33 bits per heavy atom. The van der Waals surface area contributed by atoms with Crippen LogP contribution < -0.4 is 5.32 Å². The van der Waals surface area contributed by atoms with Gasteiger partial charge < -0.3 is 10.2 Å². The Kier molecular flexibility index (Phi) is 4.30. The number of aromatic nitrogens is 3. The van der Waals surface area contributed by atoms with Crippen molar-refractivity contribution in [1.29, 1.82) is 0 Å². The van der Waals surface area contributed by atoms with Gasteiger partial charge in [0.05, 0.1) is 12.2 Å². The second-order valence-corrected chi connectivity index (χ2v) is 5.09. The van der Waals surface area contributed by atoms with E-state index in [1.165, 1.54) is 12.8 Å². The standard InChI is InChI=1S/C12H21N5O/c1-16(2)12(18)5-6-17-9-11(14-15-17)8-13-7-10-3-4-10/h9-10,13H,3-8H2,1-2H3. The van der Waals surface area contributed by atoms with E-state index in [1.54, 1.807) is 23.7 Å². The van der Waals surface area contributed by atoms with Crippen LogP contribution in [0.15, 0.2) is 6.20 Å². The van der Waals surface area contributed by atoms with E-state index < -0.39 is 0 Å². The first-order chi connectivity index (χ1) is 8.65. The van der Waals surface area contributed by atoms with Crippen molar-refractivity contribution >= 4 is 5.91 Å². The molecule has 1 N–H and O–H groups in total. The third-order valence-corrected chi connectivity index (χ3v) is 3.08. The minimum atomic E-state index is 0.110. The molecule has 6 nitrogen and oxygen atoms in total. The van der Waals surface area contributed by atoms with Crippen molar-refractivity contribution in [3.05, 3.63) is 11.9 Å². The summed E-state index contributed by atoms with van der Waals surface area (Å²) >= 11 is 0. The van der Waals surface area contributed by atoms with Gasteiger partial charge in [-0.3, -0.25) is 9.48 Å². The molecule has 6 heteroatoms. The highest BCUT2D eigenvalue weighted by atomic mass is 16.2. The normalized spacial score (nSPS) is 14.8. The van der Waals surface area contributed by atoms with Gasteiger partial charge in [0.1, 0.15) is 0 Å². The van der Waals surface area contributed by atoms with Crippen molar-refractivity contribution < 1.29 is 4.79 Å². The van der Waals surface area contributed by atoms with Crippen molar-refractivity contribution in [3.63, 3.8) is 0 Å². The molecule has 1 aliphatic rings. The van der Waals surface area contributed by atoms with Crippen molar-refractivity contribution in [3.8, 4) is 0 Å². The molecule has 0 saturated heterocycles. The van der Waals surface area contributed by atoms with E-state index in [4.69, 9.17) is 0 Å². The smallest absolute Gasteiger partial charge is 0.223 e. The third kappa shape index (κ3) is 4.10. The van der Waals surface area contributed by atoms with Crippen LogP contribution in [0, 0.1) is 5.92 Å². The second kappa shape index (κ2) is 5.95. The Bertz CT molecular complexity index is 397. The van der Waals surface area contributed by atoms with E-state index in [2.05, 4.69) is 15.6 Å². The molecule has 1 saturated carbocycles. The number of hydrogen-bond acceptors (Lipinski definition) is 4. The summed E-state index contributed by atoms with van der Waals surface area (Å²) in [7, 11) is 3.52. The monoisotopic (exact) mass is 251 g/mol. The molecule has 0 aliphatic heterocycles. The van der Waals surface area contributed by atoms with Crippen LogP contribution >= 0.6 is 0 Å². The van der Waals surface area contributed by atoms with Gasteiger partial charge in [-0.25, -0.2) is 0 Å². The largest absolute Gasteiger partial charge is 0.349 e. The van der Waals surface area contributed by atoms with E-state index >= 15 is 0 Å². The highest BCUT2D eigenvalue weighted by molar-refractivity contribution is 5.75. The second-order valence-electron chi connectivity index (χ2n) is 5.09. The maximum absolute atomic E-state index is 11.4. The van der Waals surface area contributed by atoms with Gasteiger partial charge in [0.25, 0.3) is 0 Å². The van der Waals surface area contributed by atoms with Crippen molar-refractivity contribution in [2.24, 2.45) is 5.92 Å². The zero-order chi connectivity index (χ0) is 13.0. The molecule has 0 atom stereocenters. The average molecular weight is 251 g/mol. The molecular weight excluding hydrogens is 230 g/mol. The van der Waals surface area contributed by atoms with Gasteiger partial charge >= 0.3 is 0 Å². The predicted molar refractivity (Wildman–Crippen MR) is 67.8 cm³/mol. The van der Waals surface area contributed by atoms with Crippen LogP contribution in [-0.2, 0) is 17.9 Å². The first kappa shape index (κ1) is 13.0. The lowest BCUT2D eigenvalue weighted by atomic mass is 10.3. The van der Waals surface area contributed by atoms with Gasteiger partial charge in [0.2, 0.25) is 5.91 Å². The Labute approximate surface area is 107 Å². The van der Waals surface area contributed by atoms with Gasteiger partial charge in [0, 0.05) is 33.3 Å². The number of aryl methyl sites for hydroxylation is 1. The van der Waals surface area contributed by atoms with E-state index in [1.807, 2.05) is 6.20 Å². The highest BCUT2D eigenvalue weighted by Gasteiger charge is 2.20. The zero-order valence-electron chi connectivity index (χ0n) is 11.1. The fraction of sp³-hybridized carbons (Fsp3) is 0.750. The molecule has 0 aromatic carbocycles. The van der Waals surface area contributed by atoms with Crippen LogP contribution in [0.2, 0.25) is 0 Å². The first-order valence-electron chi connectivity index (χ1n) is 6.45. The fourth-order valence-corrected chi connectivity index (χ4v) is 1.69. The summed E-state index contributed by atoms with van der Waals surface area (Å²) in [4.78, 5) is 13.0. The first-order valence-corrected chi connectivity index (χ1v) is 6.45. The van der Waals surface area contributed by atoms with Gasteiger partial charge in [-0.15, -0.1) is 5.10 Å². The highest BCUT2D eigenvalue weighted by Crippen LogP contribution is 2.27. The van der Waals surface area contributed by atoms with Crippen LogP contribution in [0.4, 0.5) is 0 Å². The Morgan fingerprint density at radius 1 is 1.56 bits per heavy atom. The molecule has 100 valence electrons. The number of hydrogen-bond donors (Lipinski definition) is 1. The molecule has 1 aromatic rings. The SMILES string of the molecule is CN(C)C(=O)CCn1cc(CNCC2CC2)nn1. The maximum atomic E-state index is 11.4. The van der Waals surface area contributed by atoms with Crippen molar-refractivity contribution in [2.75, 3.05) is 20.6 Å². The molecule has 1 fully saturated rings. The molecule has 0 radical (unpaired) electrons. The average Bonchev–Trinajstić information content (AvgIpc) is 3.05. The summed E-state index contributed by atoms with van der Waals surface area (Å²) in [5.41, 5.74) is 0.938. The van der Waals surface area contributed by atoms with Crippen molar-refractivity contribution in [2.45, 2.75) is 32.4 Å². The predicted octanol–water partition coefficient (Wildman–Crippen LogP) is 0.256. The summed E-state index contributed by atoms with van der Waals surface area (Å²) in [5.74, 6) is 0.983. The summed E-state index contributed by atoms with van der Waals surface area (Å²) in [6.07, 6.45) is 5.08. The molecule has 18 heavy (non-hydrogen) atoms. The summed E-state index contributed by atoms with van der Waals surface area (Å²) in [6, 6.07) is 0. The van der Waals surface area contributed by atoms with Gasteiger partial charge in [-0.05, 0) is 25.3 Å². The lowest BCUT2D eigenvalue weighted by Crippen LogP contribution is -2.23. The topological polar surface area (TPSA) is 63.1 Å². The Balaban J connectivity index is 1.69. The fourth-order valence-electron chi connectivity index (χ4n) is 1.69. The van der Waals surface area contributed by atoms with E-state index in [9.17, 15) is 4.79 Å². The minimum absolute atomic E-state index is 0.110. The molecule has 0 spiro atoms. The number of rotatable bonds is 7. The number of carbonyl (C=O) groups is 1. The van der Waals surface area contributed by atoms with Gasteiger partial charge in [0.15, 0.2) is 0 Å². The summed E-state index contributed by atoms with van der Waals surface area (Å²) in [6.45, 7) is 2.43. The van der Waals surface area contributed by atoms with E-state index in [-0.39, 0.29) is 5.91 Å². The maximum Gasteiger partial charge on any atom is 0.223 e.